The maximum atomic E-state index is 12.7. The molecule has 2 aliphatic heterocycles. The standard InChI is InChI=1S/C12H22O12S/c13-1-3-5(15)7(17)9(19)11(23-3)25(21,22)12-10(20)8(18)6(16)4(2-14)24-12/h3-20H,1-2H2/t3-,4-,5+,6+,7+,8+,9-,10-,11-,12-/m1/s1. The predicted molar refractivity (Wildman–Crippen MR) is 76.5 cm³/mol. The summed E-state index contributed by atoms with van der Waals surface area (Å²) in [5.74, 6) is 0. The Balaban J connectivity index is 2.33. The van der Waals surface area contributed by atoms with Crippen molar-refractivity contribution in [3.63, 3.8) is 0 Å². The quantitative estimate of drug-likeness (QED) is 0.225. The Kier molecular flexibility index (Phi) is 6.39. The first-order chi connectivity index (χ1) is 11.6. The Bertz CT molecular complexity index is 508. The molecule has 2 saturated heterocycles. The molecule has 0 radical (unpaired) electrons. The Morgan fingerprint density at radius 1 is 0.600 bits per heavy atom. The summed E-state index contributed by atoms with van der Waals surface area (Å²) in [4.78, 5) is 0. The van der Waals surface area contributed by atoms with Crippen LogP contribution < -0.4 is 0 Å². The lowest BCUT2D eigenvalue weighted by molar-refractivity contribution is -0.218. The topological polar surface area (TPSA) is 214 Å². The van der Waals surface area contributed by atoms with Gasteiger partial charge in [-0.2, -0.15) is 0 Å². The van der Waals surface area contributed by atoms with Crippen LogP contribution in [-0.2, 0) is 19.3 Å². The fourth-order valence-electron chi connectivity index (χ4n) is 2.81. The van der Waals surface area contributed by atoms with Crippen LogP contribution in [0.5, 0.6) is 0 Å². The van der Waals surface area contributed by atoms with E-state index in [1.54, 1.807) is 0 Å². The zero-order valence-corrected chi connectivity index (χ0v) is 13.6. The van der Waals surface area contributed by atoms with E-state index >= 15 is 0 Å². The highest BCUT2D eigenvalue weighted by Crippen LogP contribution is 2.32. The van der Waals surface area contributed by atoms with Crippen LogP contribution in [0.4, 0.5) is 0 Å². The van der Waals surface area contributed by atoms with E-state index in [0.29, 0.717) is 0 Å². The maximum Gasteiger partial charge on any atom is 0.209 e. The zero-order chi connectivity index (χ0) is 19.1. The van der Waals surface area contributed by atoms with Crippen molar-refractivity contribution in [2.75, 3.05) is 13.2 Å². The van der Waals surface area contributed by atoms with Gasteiger partial charge >= 0.3 is 0 Å². The Labute approximate surface area is 142 Å². The monoisotopic (exact) mass is 390 g/mol. The van der Waals surface area contributed by atoms with E-state index in [-0.39, 0.29) is 0 Å². The van der Waals surface area contributed by atoms with E-state index in [9.17, 15) is 39.1 Å². The van der Waals surface area contributed by atoms with Crippen LogP contribution in [0.2, 0.25) is 0 Å². The molecule has 0 unspecified atom stereocenters. The van der Waals surface area contributed by atoms with Crippen LogP contribution in [0, 0.1) is 0 Å². The molecule has 0 aromatic carbocycles. The second-order valence-electron chi connectivity index (χ2n) is 5.98. The van der Waals surface area contributed by atoms with E-state index in [4.69, 9.17) is 19.7 Å². The van der Waals surface area contributed by atoms with Crippen LogP contribution in [-0.4, -0.2) is 122 Å². The number of hydrogen-bond acceptors (Lipinski definition) is 12. The molecule has 0 aromatic heterocycles. The van der Waals surface area contributed by atoms with Gasteiger partial charge in [0, 0.05) is 0 Å². The summed E-state index contributed by atoms with van der Waals surface area (Å²) in [6.07, 6.45) is -14.8. The summed E-state index contributed by atoms with van der Waals surface area (Å²) in [7, 11) is -4.79. The van der Waals surface area contributed by atoms with E-state index in [1.807, 2.05) is 0 Å². The van der Waals surface area contributed by atoms with Gasteiger partial charge < -0.3 is 50.3 Å². The smallest absolute Gasteiger partial charge is 0.209 e. The minimum Gasteiger partial charge on any atom is -0.394 e. The fourth-order valence-corrected chi connectivity index (χ4v) is 4.77. The highest BCUT2D eigenvalue weighted by molar-refractivity contribution is 7.92. The van der Waals surface area contributed by atoms with Gasteiger partial charge in [-0.15, -0.1) is 0 Å². The molecule has 2 rings (SSSR count). The molecular formula is C12H22O12S. The van der Waals surface area contributed by atoms with E-state index in [2.05, 4.69) is 0 Å². The molecule has 10 atom stereocenters. The third-order valence-corrected chi connectivity index (χ3v) is 6.42. The minimum absolute atomic E-state index is 0.869. The minimum atomic E-state index is -4.79. The molecule has 0 aromatic rings. The zero-order valence-electron chi connectivity index (χ0n) is 12.8. The van der Waals surface area contributed by atoms with Gasteiger partial charge in [-0.3, -0.25) is 0 Å². The molecule has 2 fully saturated rings. The molecule has 13 heteroatoms. The van der Waals surface area contributed by atoms with Gasteiger partial charge in [0.25, 0.3) is 0 Å². The van der Waals surface area contributed by atoms with Crippen LogP contribution >= 0.6 is 0 Å². The summed E-state index contributed by atoms with van der Waals surface area (Å²) >= 11 is 0. The second kappa shape index (κ2) is 7.66. The van der Waals surface area contributed by atoms with Crippen molar-refractivity contribution in [1.82, 2.24) is 0 Å². The van der Waals surface area contributed by atoms with E-state index in [0.717, 1.165) is 0 Å². The average Bonchev–Trinajstić information content (AvgIpc) is 2.57. The second-order valence-corrected chi connectivity index (χ2v) is 8.09. The molecule has 2 aliphatic rings. The van der Waals surface area contributed by atoms with Gasteiger partial charge in [-0.1, -0.05) is 0 Å². The van der Waals surface area contributed by atoms with Crippen LogP contribution in [0.1, 0.15) is 0 Å². The van der Waals surface area contributed by atoms with Crippen molar-refractivity contribution in [2.45, 2.75) is 59.7 Å². The molecule has 8 N–H and O–H groups in total. The first-order valence-electron chi connectivity index (χ1n) is 7.41. The molecule has 0 amide bonds. The lowest BCUT2D eigenvalue weighted by Gasteiger charge is -2.44. The van der Waals surface area contributed by atoms with Crippen molar-refractivity contribution < 1.29 is 58.7 Å². The summed E-state index contributed by atoms with van der Waals surface area (Å²) in [5, 5.41) is 76.8. The average molecular weight is 390 g/mol. The Hall–Kier alpha value is -0.450. The van der Waals surface area contributed by atoms with Crippen molar-refractivity contribution in [2.24, 2.45) is 0 Å². The maximum absolute atomic E-state index is 12.7. The number of ether oxygens (including phenoxy) is 2. The SMILES string of the molecule is O=S(=O)([C@H]1O[C@H](CO)[C@H](O)[C@H](O)[C@H]1O)[C@H]1O[C@H](CO)[C@H](O)[C@H](O)[C@H]1O. The van der Waals surface area contributed by atoms with Crippen LogP contribution in [0.3, 0.4) is 0 Å². The molecule has 0 saturated carbocycles. The van der Waals surface area contributed by atoms with Crippen molar-refractivity contribution in [3.05, 3.63) is 0 Å². The molecule has 0 bridgehead atoms. The van der Waals surface area contributed by atoms with Gasteiger partial charge in [0.2, 0.25) is 9.84 Å². The molecule has 0 spiro atoms. The predicted octanol–water partition coefficient (Wildman–Crippen LogP) is -6.00. The number of sulfone groups is 1. The number of aliphatic hydroxyl groups is 8. The van der Waals surface area contributed by atoms with Gasteiger partial charge in [0.1, 0.15) is 48.8 Å². The first-order valence-corrected chi connectivity index (χ1v) is 9.02. The van der Waals surface area contributed by atoms with Crippen molar-refractivity contribution in [3.8, 4) is 0 Å². The van der Waals surface area contributed by atoms with Gasteiger partial charge in [0.15, 0.2) is 10.9 Å². The first kappa shape index (κ1) is 20.9. The van der Waals surface area contributed by atoms with Crippen LogP contribution in [0.15, 0.2) is 0 Å². The van der Waals surface area contributed by atoms with Crippen molar-refractivity contribution in [1.29, 1.82) is 0 Å². The Morgan fingerprint density at radius 2 is 0.920 bits per heavy atom. The normalized spacial score (nSPS) is 49.1. The van der Waals surface area contributed by atoms with E-state index < -0.39 is 82.8 Å². The lowest BCUT2D eigenvalue weighted by Crippen LogP contribution is -2.66. The summed E-state index contributed by atoms with van der Waals surface area (Å²) in [6.45, 7) is -1.74. The fraction of sp³-hybridized carbons (Fsp3) is 1.00. The van der Waals surface area contributed by atoms with Gasteiger partial charge in [0.05, 0.1) is 13.2 Å². The highest BCUT2D eigenvalue weighted by Gasteiger charge is 2.56. The number of aliphatic hydroxyl groups excluding tert-OH is 8. The molecule has 2 heterocycles. The van der Waals surface area contributed by atoms with Gasteiger partial charge in [-0.25, -0.2) is 8.42 Å². The number of rotatable bonds is 4. The highest BCUT2D eigenvalue weighted by atomic mass is 32.2. The summed E-state index contributed by atoms with van der Waals surface area (Å²) in [5.41, 5.74) is -4.41. The number of hydrogen-bond donors (Lipinski definition) is 8. The molecule has 0 aliphatic carbocycles. The largest absolute Gasteiger partial charge is 0.394 e. The van der Waals surface area contributed by atoms with E-state index in [1.165, 1.54) is 0 Å². The lowest BCUT2D eigenvalue weighted by atomic mass is 10.0. The van der Waals surface area contributed by atoms with Crippen LogP contribution in [0.25, 0.3) is 0 Å². The Morgan fingerprint density at radius 3 is 1.20 bits per heavy atom. The summed E-state index contributed by atoms with van der Waals surface area (Å²) in [6, 6.07) is 0. The molecule has 12 nitrogen and oxygen atoms in total. The van der Waals surface area contributed by atoms with Gasteiger partial charge in [-0.05, 0) is 0 Å². The molecule has 25 heavy (non-hydrogen) atoms. The third kappa shape index (κ3) is 3.54. The molecular weight excluding hydrogens is 368 g/mol. The third-order valence-electron chi connectivity index (χ3n) is 4.34. The molecule has 148 valence electrons. The van der Waals surface area contributed by atoms with Crippen molar-refractivity contribution >= 4 is 9.84 Å². The summed E-state index contributed by atoms with van der Waals surface area (Å²) < 4.78 is 35.2.